The van der Waals surface area contributed by atoms with E-state index in [1.807, 2.05) is 12.1 Å². The number of thioether (sulfide) groups is 1. The van der Waals surface area contributed by atoms with Crippen LogP contribution in [0.1, 0.15) is 22.8 Å². The van der Waals surface area contributed by atoms with Crippen LogP contribution >= 0.6 is 65.8 Å². The maximum Gasteiger partial charge on any atom is 0.346 e. The topological polar surface area (TPSA) is 88.2 Å². The minimum absolute atomic E-state index is 0.172. The van der Waals surface area contributed by atoms with Gasteiger partial charge in [0.05, 0.1) is 13.2 Å². The van der Waals surface area contributed by atoms with Gasteiger partial charge in [0, 0.05) is 66.8 Å². The molecule has 1 rings (SSSR count). The van der Waals surface area contributed by atoms with E-state index in [0.29, 0.717) is 43.2 Å². The van der Waals surface area contributed by atoms with Crippen molar-refractivity contribution < 1.29 is 23.4 Å². The molecular weight excluding hydrogens is 591 g/mol. The maximum atomic E-state index is 14.0. The van der Waals surface area contributed by atoms with Crippen LogP contribution in [0.15, 0.2) is 24.3 Å². The van der Waals surface area contributed by atoms with Gasteiger partial charge in [0.2, 0.25) is 0 Å². The number of hydrogen-bond acceptors (Lipinski definition) is 6. The molecule has 1 amide bonds. The van der Waals surface area contributed by atoms with E-state index in [4.69, 9.17) is 55.7 Å². The predicted molar refractivity (Wildman–Crippen MR) is 151 cm³/mol. The van der Waals surface area contributed by atoms with Crippen molar-refractivity contribution in [3.05, 3.63) is 35.4 Å². The number of hydrogen-bond donors (Lipinski definition) is 1. The molecule has 0 saturated carbocycles. The van der Waals surface area contributed by atoms with Gasteiger partial charge in [-0.15, -0.1) is 46.4 Å². The third kappa shape index (κ3) is 12.1. The fourth-order valence-electron chi connectivity index (χ4n) is 3.09. The van der Waals surface area contributed by atoms with Crippen molar-refractivity contribution >= 4 is 77.7 Å². The molecule has 0 unspecified atom stereocenters. The maximum absolute atomic E-state index is 14.0. The van der Waals surface area contributed by atoms with Gasteiger partial charge in [-0.25, -0.2) is 9.34 Å². The molecule has 0 aliphatic heterocycles. The lowest BCUT2D eigenvalue weighted by molar-refractivity contribution is -0.141. The minimum atomic E-state index is -3.42. The van der Waals surface area contributed by atoms with Gasteiger partial charge in [0.1, 0.15) is 6.54 Å². The number of alkyl halides is 4. The van der Waals surface area contributed by atoms with Crippen LogP contribution in [0.4, 0.5) is 0 Å². The Bertz CT molecular complexity index is 793. The number of benzene rings is 1. The number of esters is 1. The summed E-state index contributed by atoms with van der Waals surface area (Å²) in [5.74, 6) is 1.58. The quantitative estimate of drug-likeness (QED) is 0.0949. The molecule has 1 aromatic rings. The Morgan fingerprint density at radius 2 is 1.47 bits per heavy atom. The molecule has 1 N–H and O–H groups in total. The molecule has 0 fully saturated rings. The summed E-state index contributed by atoms with van der Waals surface area (Å²) >= 11 is 25.4. The minimum Gasteiger partial charge on any atom is -0.465 e. The molecule has 0 bridgehead atoms. The van der Waals surface area contributed by atoms with E-state index in [9.17, 15) is 14.2 Å². The molecule has 0 aliphatic rings. The molecule has 8 nitrogen and oxygen atoms in total. The van der Waals surface area contributed by atoms with Crippen molar-refractivity contribution in [2.45, 2.75) is 12.7 Å². The van der Waals surface area contributed by atoms with Crippen molar-refractivity contribution in [3.8, 4) is 0 Å². The number of nitrogens with zero attached hydrogens (tertiary/aromatic N) is 2. The first-order chi connectivity index (χ1) is 17.4. The Morgan fingerprint density at radius 3 is 1.94 bits per heavy atom. The van der Waals surface area contributed by atoms with Crippen LogP contribution in [-0.4, -0.2) is 96.4 Å². The van der Waals surface area contributed by atoms with Crippen LogP contribution in [0.25, 0.3) is 0 Å². The van der Waals surface area contributed by atoms with E-state index in [1.54, 1.807) is 40.2 Å². The second-order valence-corrected chi connectivity index (χ2v) is 12.2. The summed E-state index contributed by atoms with van der Waals surface area (Å²) in [6.07, 6.45) is 0. The third-order valence-corrected chi connectivity index (χ3v) is 9.17. The number of carbonyl (C=O) groups excluding carboxylic acids is 2. The van der Waals surface area contributed by atoms with Crippen LogP contribution in [0.2, 0.25) is 0 Å². The standard InChI is InChI=1S/C22H34Cl4N3O5PS/c1-2-33-21(30)17-27-22(31)20-5-3-19(4-6-20)18-36-16-15-34-35(32,28(11-7-23)12-8-24)29(13-9-25)14-10-26/h3-6H,2,7-18H2,1H3,(H,27,31). The van der Waals surface area contributed by atoms with E-state index in [2.05, 4.69) is 5.32 Å². The largest absolute Gasteiger partial charge is 0.465 e. The average molecular weight is 625 g/mol. The van der Waals surface area contributed by atoms with Crippen LogP contribution < -0.4 is 5.32 Å². The first-order valence-corrected chi connectivity index (χ1v) is 16.3. The van der Waals surface area contributed by atoms with Gasteiger partial charge in [0.15, 0.2) is 0 Å². The fraction of sp³-hybridized carbons (Fsp3) is 0.636. The third-order valence-electron chi connectivity index (χ3n) is 4.76. The van der Waals surface area contributed by atoms with E-state index in [0.717, 1.165) is 5.56 Å². The van der Waals surface area contributed by atoms with Crippen molar-refractivity contribution in [1.29, 1.82) is 0 Å². The lowest BCUT2D eigenvalue weighted by Crippen LogP contribution is -2.37. The zero-order valence-corrected chi connectivity index (χ0v) is 25.0. The summed E-state index contributed by atoms with van der Waals surface area (Å²) in [4.78, 5) is 23.5. The Hall–Kier alpha value is -0.220. The van der Waals surface area contributed by atoms with Gasteiger partial charge in [-0.1, -0.05) is 12.1 Å². The second kappa shape index (κ2) is 19.8. The van der Waals surface area contributed by atoms with Crippen LogP contribution in [0, 0.1) is 0 Å². The summed E-state index contributed by atoms with van der Waals surface area (Å²) in [5, 5.41) is 2.53. The first kappa shape index (κ1) is 33.8. The molecule has 0 heterocycles. The second-order valence-electron chi connectivity index (χ2n) is 7.22. The van der Waals surface area contributed by atoms with E-state index >= 15 is 0 Å². The van der Waals surface area contributed by atoms with Crippen molar-refractivity contribution in [2.75, 3.05) is 75.2 Å². The number of amides is 1. The van der Waals surface area contributed by atoms with Gasteiger partial charge >= 0.3 is 13.6 Å². The highest BCUT2D eigenvalue weighted by molar-refractivity contribution is 7.98. The summed E-state index contributed by atoms with van der Waals surface area (Å²) in [7, 11) is -3.42. The van der Waals surface area contributed by atoms with Crippen molar-refractivity contribution in [2.24, 2.45) is 0 Å². The Balaban J connectivity index is 2.64. The molecular formula is C22H34Cl4N3O5PS. The lowest BCUT2D eigenvalue weighted by atomic mass is 10.1. The average Bonchev–Trinajstić information content (AvgIpc) is 2.87. The van der Waals surface area contributed by atoms with Gasteiger partial charge in [0.25, 0.3) is 5.91 Å². The molecule has 1 aromatic carbocycles. The number of nitrogens with one attached hydrogen (secondary N) is 1. The molecule has 0 spiro atoms. The zero-order chi connectivity index (χ0) is 26.8. The highest BCUT2D eigenvalue weighted by Gasteiger charge is 2.37. The number of halogens is 4. The summed E-state index contributed by atoms with van der Waals surface area (Å²) in [6.45, 7) is 3.49. The van der Waals surface area contributed by atoms with E-state index in [1.165, 1.54) is 0 Å². The Morgan fingerprint density at radius 1 is 0.944 bits per heavy atom. The first-order valence-electron chi connectivity index (χ1n) is 11.5. The molecule has 0 aromatic heterocycles. The SMILES string of the molecule is CCOC(=O)CNC(=O)c1ccc(CSCCOP(=O)(N(CCCl)CCCl)N(CCCl)CCCl)cc1. The summed E-state index contributed by atoms with van der Waals surface area (Å²) < 4.78 is 28.1. The normalized spacial score (nSPS) is 11.8. The van der Waals surface area contributed by atoms with Crippen LogP contribution in [0.3, 0.4) is 0 Å². The Labute approximate surface area is 238 Å². The van der Waals surface area contributed by atoms with Gasteiger partial charge in [-0.05, 0) is 24.6 Å². The van der Waals surface area contributed by atoms with Gasteiger partial charge in [-0.2, -0.15) is 11.8 Å². The zero-order valence-electron chi connectivity index (χ0n) is 20.3. The van der Waals surface area contributed by atoms with Gasteiger partial charge < -0.3 is 14.6 Å². The van der Waals surface area contributed by atoms with Gasteiger partial charge in [-0.3, -0.25) is 14.2 Å². The molecule has 206 valence electrons. The van der Waals surface area contributed by atoms with E-state index in [-0.39, 0.29) is 49.2 Å². The summed E-state index contributed by atoms with van der Waals surface area (Å²) in [6, 6.07) is 7.10. The fourth-order valence-corrected chi connectivity index (χ4v) is 7.69. The van der Waals surface area contributed by atoms with Crippen molar-refractivity contribution in [1.82, 2.24) is 14.7 Å². The smallest absolute Gasteiger partial charge is 0.346 e. The predicted octanol–water partition coefficient (Wildman–Crippen LogP) is 4.90. The highest BCUT2D eigenvalue weighted by atomic mass is 35.5. The van der Waals surface area contributed by atoms with Crippen LogP contribution in [-0.2, 0) is 24.4 Å². The monoisotopic (exact) mass is 623 g/mol. The molecule has 0 atom stereocenters. The molecule has 0 radical (unpaired) electrons. The lowest BCUT2D eigenvalue weighted by Gasteiger charge is -2.37. The Kier molecular flexibility index (Phi) is 18.6. The summed E-state index contributed by atoms with van der Waals surface area (Å²) in [5.41, 5.74) is 1.47. The number of rotatable bonds is 20. The highest BCUT2D eigenvalue weighted by Crippen LogP contribution is 2.54. The molecule has 36 heavy (non-hydrogen) atoms. The van der Waals surface area contributed by atoms with E-state index < -0.39 is 13.6 Å². The molecule has 0 aliphatic carbocycles. The van der Waals surface area contributed by atoms with Crippen LogP contribution in [0.5, 0.6) is 0 Å². The molecule has 0 saturated heterocycles. The number of carbonyl (C=O) groups is 2. The molecule has 14 heteroatoms. The van der Waals surface area contributed by atoms with Crippen molar-refractivity contribution in [3.63, 3.8) is 0 Å². The number of ether oxygens (including phenoxy) is 1.